The first kappa shape index (κ1) is 15.7. The normalized spacial score (nSPS) is 17.3. The summed E-state index contributed by atoms with van der Waals surface area (Å²) in [6.45, 7) is 1.70. The maximum absolute atomic E-state index is 12.4. The molecule has 1 saturated heterocycles. The lowest BCUT2D eigenvalue weighted by molar-refractivity contribution is 0.0940. The van der Waals surface area contributed by atoms with E-state index in [0.717, 1.165) is 19.5 Å². The molecule has 0 aliphatic carbocycles. The second kappa shape index (κ2) is 6.84. The zero-order valence-electron chi connectivity index (χ0n) is 11.0. The lowest BCUT2D eigenvalue weighted by Crippen LogP contribution is -2.36. The molecule has 1 aliphatic rings. The molecular weight excluding hydrogens is 315 g/mol. The Hall–Kier alpha value is -1.70. The van der Waals surface area contributed by atoms with E-state index in [4.69, 9.17) is 11.6 Å². The highest BCUT2D eigenvalue weighted by Gasteiger charge is 2.20. The molecule has 1 unspecified atom stereocenters. The number of benzene rings is 1. The zero-order valence-corrected chi connectivity index (χ0v) is 12.6. The molecule has 0 radical (unpaired) electrons. The van der Waals surface area contributed by atoms with Crippen LogP contribution in [0.4, 0.5) is 0 Å². The predicted molar refractivity (Wildman–Crippen MR) is 80.2 cm³/mol. The van der Waals surface area contributed by atoms with E-state index in [2.05, 4.69) is 26.2 Å². The van der Waals surface area contributed by atoms with Gasteiger partial charge in [-0.2, -0.15) is 4.68 Å². The molecule has 0 bridgehead atoms. The maximum atomic E-state index is 12.4. The first-order valence-electron chi connectivity index (χ1n) is 6.28. The molecular formula is C12H14Cl2N6O. The fraction of sp³-hybridized carbons (Fsp3) is 0.333. The average molecular weight is 329 g/mol. The molecule has 2 heterocycles. The quantitative estimate of drug-likeness (QED) is 0.871. The van der Waals surface area contributed by atoms with Gasteiger partial charge in [0, 0.05) is 17.6 Å². The van der Waals surface area contributed by atoms with Crippen LogP contribution in [0.2, 0.25) is 5.02 Å². The van der Waals surface area contributed by atoms with Gasteiger partial charge in [-0.05, 0) is 41.6 Å². The second-order valence-corrected chi connectivity index (χ2v) is 5.02. The molecule has 1 aromatic carbocycles. The highest BCUT2D eigenvalue weighted by Crippen LogP contribution is 2.19. The molecule has 112 valence electrons. The number of hydrogen-bond acceptors (Lipinski definition) is 5. The van der Waals surface area contributed by atoms with Crippen molar-refractivity contribution in [1.82, 2.24) is 30.8 Å². The third-order valence-electron chi connectivity index (χ3n) is 3.19. The number of hydrogen-bond donors (Lipinski definition) is 2. The van der Waals surface area contributed by atoms with Crippen molar-refractivity contribution in [2.24, 2.45) is 0 Å². The van der Waals surface area contributed by atoms with Crippen LogP contribution in [0.3, 0.4) is 0 Å². The Morgan fingerprint density at radius 3 is 3.00 bits per heavy atom. The van der Waals surface area contributed by atoms with Gasteiger partial charge in [0.05, 0.1) is 11.3 Å². The molecule has 7 nitrogen and oxygen atoms in total. The van der Waals surface area contributed by atoms with Crippen molar-refractivity contribution in [1.29, 1.82) is 0 Å². The third-order valence-corrected chi connectivity index (χ3v) is 3.43. The summed E-state index contributed by atoms with van der Waals surface area (Å²) in [6.07, 6.45) is 2.36. The first-order valence-corrected chi connectivity index (χ1v) is 6.66. The molecule has 1 fully saturated rings. The first-order chi connectivity index (χ1) is 9.74. The van der Waals surface area contributed by atoms with Crippen LogP contribution >= 0.6 is 24.0 Å². The molecule has 1 aliphatic heterocycles. The number of nitrogens with one attached hydrogen (secondary N) is 2. The molecule has 1 amide bonds. The topological polar surface area (TPSA) is 84.7 Å². The van der Waals surface area contributed by atoms with Gasteiger partial charge in [0.15, 0.2) is 0 Å². The lowest BCUT2D eigenvalue weighted by atomic mass is 10.1. The molecule has 0 spiro atoms. The summed E-state index contributed by atoms with van der Waals surface area (Å²) in [4.78, 5) is 12.4. The largest absolute Gasteiger partial charge is 0.348 e. The molecule has 1 aromatic heterocycles. The van der Waals surface area contributed by atoms with E-state index in [9.17, 15) is 4.79 Å². The summed E-state index contributed by atoms with van der Waals surface area (Å²) < 4.78 is 1.44. The van der Waals surface area contributed by atoms with Crippen LogP contribution in [0.15, 0.2) is 24.5 Å². The van der Waals surface area contributed by atoms with Crippen LogP contribution in [0.5, 0.6) is 0 Å². The van der Waals surface area contributed by atoms with Gasteiger partial charge in [-0.1, -0.05) is 11.6 Å². The van der Waals surface area contributed by atoms with Crippen LogP contribution in [-0.2, 0) is 0 Å². The molecule has 9 heteroatoms. The number of nitrogens with zero attached hydrogens (tertiary/aromatic N) is 4. The molecule has 2 aromatic rings. The van der Waals surface area contributed by atoms with Crippen molar-refractivity contribution < 1.29 is 4.79 Å². The van der Waals surface area contributed by atoms with Crippen LogP contribution in [0.25, 0.3) is 5.69 Å². The summed E-state index contributed by atoms with van der Waals surface area (Å²) in [7, 11) is 0. The SMILES string of the molecule is Cl.O=C(NC1CCNC1)c1cc(Cl)ccc1-n1cnnn1. The van der Waals surface area contributed by atoms with Gasteiger partial charge < -0.3 is 10.6 Å². The molecule has 2 N–H and O–H groups in total. The van der Waals surface area contributed by atoms with Gasteiger partial charge in [0.25, 0.3) is 5.91 Å². The fourth-order valence-corrected chi connectivity index (χ4v) is 2.37. The molecule has 3 rings (SSSR count). The van der Waals surface area contributed by atoms with Crippen molar-refractivity contribution >= 4 is 29.9 Å². The minimum atomic E-state index is -0.174. The lowest BCUT2D eigenvalue weighted by Gasteiger charge is -2.13. The van der Waals surface area contributed by atoms with Gasteiger partial charge in [0.1, 0.15) is 6.33 Å². The Bertz CT molecular complexity index is 612. The Kier molecular flexibility index (Phi) is 5.11. The highest BCUT2D eigenvalue weighted by molar-refractivity contribution is 6.31. The Morgan fingerprint density at radius 2 is 2.33 bits per heavy atom. The van der Waals surface area contributed by atoms with E-state index >= 15 is 0 Å². The minimum Gasteiger partial charge on any atom is -0.348 e. The molecule has 0 saturated carbocycles. The van der Waals surface area contributed by atoms with E-state index < -0.39 is 0 Å². The minimum absolute atomic E-state index is 0. The van der Waals surface area contributed by atoms with Gasteiger partial charge in [-0.25, -0.2) is 0 Å². The monoisotopic (exact) mass is 328 g/mol. The fourth-order valence-electron chi connectivity index (χ4n) is 2.20. The number of rotatable bonds is 3. The number of tetrazole rings is 1. The van der Waals surface area contributed by atoms with Crippen molar-refractivity contribution in [2.45, 2.75) is 12.5 Å². The average Bonchev–Trinajstić information content (AvgIpc) is 3.11. The van der Waals surface area contributed by atoms with Crippen molar-refractivity contribution in [3.05, 3.63) is 35.1 Å². The Balaban J connectivity index is 0.00000161. The van der Waals surface area contributed by atoms with Gasteiger partial charge in [0.2, 0.25) is 0 Å². The van der Waals surface area contributed by atoms with Crippen LogP contribution in [-0.4, -0.2) is 45.2 Å². The number of carbonyl (C=O) groups is 1. The van der Waals surface area contributed by atoms with Crippen LogP contribution in [0.1, 0.15) is 16.8 Å². The van der Waals surface area contributed by atoms with E-state index in [-0.39, 0.29) is 24.4 Å². The van der Waals surface area contributed by atoms with E-state index in [1.165, 1.54) is 11.0 Å². The van der Waals surface area contributed by atoms with Gasteiger partial charge in [-0.3, -0.25) is 4.79 Å². The van der Waals surface area contributed by atoms with E-state index in [1.54, 1.807) is 18.2 Å². The third kappa shape index (κ3) is 3.49. The predicted octanol–water partition coefficient (Wildman–Crippen LogP) is 0.829. The standard InChI is InChI=1S/C12H13ClN6O.ClH/c13-8-1-2-11(19-7-15-17-18-19)10(5-8)12(20)16-9-3-4-14-6-9;/h1-2,5,7,9,14H,3-4,6H2,(H,16,20);1H. The number of amides is 1. The number of carbonyl (C=O) groups excluding carboxylic acids is 1. The van der Waals surface area contributed by atoms with Crippen molar-refractivity contribution in [3.8, 4) is 5.69 Å². The number of halogens is 2. The van der Waals surface area contributed by atoms with E-state index in [1.807, 2.05) is 0 Å². The highest BCUT2D eigenvalue weighted by atomic mass is 35.5. The summed E-state index contributed by atoms with van der Waals surface area (Å²) in [6, 6.07) is 5.19. The smallest absolute Gasteiger partial charge is 0.253 e. The van der Waals surface area contributed by atoms with Crippen molar-refractivity contribution in [3.63, 3.8) is 0 Å². The van der Waals surface area contributed by atoms with Crippen molar-refractivity contribution in [2.75, 3.05) is 13.1 Å². The second-order valence-electron chi connectivity index (χ2n) is 4.58. The summed E-state index contributed by atoms with van der Waals surface area (Å²) in [5.41, 5.74) is 1.06. The summed E-state index contributed by atoms with van der Waals surface area (Å²) in [5.74, 6) is -0.174. The zero-order chi connectivity index (χ0) is 13.9. The van der Waals surface area contributed by atoms with Gasteiger partial charge in [-0.15, -0.1) is 17.5 Å². The Morgan fingerprint density at radius 1 is 1.48 bits per heavy atom. The van der Waals surface area contributed by atoms with E-state index in [0.29, 0.717) is 16.3 Å². The van der Waals surface area contributed by atoms with Crippen LogP contribution < -0.4 is 10.6 Å². The summed E-state index contributed by atoms with van der Waals surface area (Å²) in [5, 5.41) is 17.7. The van der Waals surface area contributed by atoms with Crippen LogP contribution in [0, 0.1) is 0 Å². The maximum Gasteiger partial charge on any atom is 0.253 e. The molecule has 21 heavy (non-hydrogen) atoms. The van der Waals surface area contributed by atoms with Gasteiger partial charge >= 0.3 is 0 Å². The Labute approximate surface area is 132 Å². The number of aromatic nitrogens is 4. The summed E-state index contributed by atoms with van der Waals surface area (Å²) >= 11 is 5.99. The molecule has 1 atom stereocenters.